The molecule has 0 saturated heterocycles. The zero-order chi connectivity index (χ0) is 23.2. The van der Waals surface area contributed by atoms with Gasteiger partial charge in [-0.25, -0.2) is 4.79 Å². The number of oxime groups is 1. The highest BCUT2D eigenvalue weighted by atomic mass is 16.7. The van der Waals surface area contributed by atoms with Gasteiger partial charge >= 0.3 is 5.97 Å². The van der Waals surface area contributed by atoms with E-state index in [1.807, 2.05) is 36.4 Å². The lowest BCUT2D eigenvalue weighted by molar-refractivity contribution is 0.0515. The third kappa shape index (κ3) is 4.87. The van der Waals surface area contributed by atoms with Gasteiger partial charge in [0.05, 0.1) is 5.56 Å². The van der Waals surface area contributed by atoms with Crippen LogP contribution in [0.5, 0.6) is 0 Å². The first-order chi connectivity index (χ1) is 16.1. The minimum atomic E-state index is -0.592. The van der Waals surface area contributed by atoms with Crippen LogP contribution in [0.1, 0.15) is 60.2 Å². The summed E-state index contributed by atoms with van der Waals surface area (Å²) in [4.78, 5) is 30.2. The molecule has 4 rings (SSSR count). The van der Waals surface area contributed by atoms with Crippen LogP contribution in [0.15, 0.2) is 78.0 Å². The van der Waals surface area contributed by atoms with Crippen molar-refractivity contribution in [3.05, 3.63) is 83.9 Å². The molecule has 1 heterocycles. The third-order valence-corrected chi connectivity index (χ3v) is 5.87. The number of carbonyl (C=O) groups is 2. The molecule has 0 aliphatic rings. The van der Waals surface area contributed by atoms with Crippen LogP contribution in [0.25, 0.3) is 21.8 Å². The van der Waals surface area contributed by atoms with Crippen LogP contribution >= 0.6 is 0 Å². The molecule has 0 atom stereocenters. The maximum atomic E-state index is 13.0. The fraction of sp³-hybridized carbons (Fsp3) is 0.250. The smallest absolute Gasteiger partial charge is 0.340 e. The molecule has 3 aromatic carbocycles. The Morgan fingerprint density at radius 3 is 2.33 bits per heavy atom. The number of Topliss-reactive ketones (excluding diaryl/α,β-unsaturated/α-hetero) is 1. The molecule has 0 aliphatic carbocycles. The van der Waals surface area contributed by atoms with Gasteiger partial charge in [0.15, 0.2) is 0 Å². The molecule has 0 amide bonds. The Bertz CT molecular complexity index is 1320. The lowest BCUT2D eigenvalue weighted by Gasteiger charge is -2.08. The van der Waals surface area contributed by atoms with Gasteiger partial charge in [-0.1, -0.05) is 79.9 Å². The quantitative estimate of drug-likeness (QED) is 0.0946. The maximum Gasteiger partial charge on any atom is 0.365 e. The van der Waals surface area contributed by atoms with Crippen molar-refractivity contribution in [1.82, 2.24) is 4.57 Å². The Labute approximate surface area is 193 Å². The molecule has 33 heavy (non-hydrogen) atoms. The van der Waals surface area contributed by atoms with Crippen LogP contribution in [0.3, 0.4) is 0 Å². The van der Waals surface area contributed by atoms with Crippen LogP contribution < -0.4 is 0 Å². The summed E-state index contributed by atoms with van der Waals surface area (Å²) in [7, 11) is 0. The Morgan fingerprint density at radius 1 is 0.818 bits per heavy atom. The molecule has 0 unspecified atom stereocenters. The van der Waals surface area contributed by atoms with E-state index in [1.54, 1.807) is 31.2 Å². The normalized spacial score (nSPS) is 11.8. The van der Waals surface area contributed by atoms with Crippen LogP contribution in [0.2, 0.25) is 0 Å². The number of hydrogen-bond acceptors (Lipinski definition) is 4. The largest absolute Gasteiger partial charge is 0.365 e. The number of nitrogens with zero attached hydrogens (tertiary/aromatic N) is 2. The predicted molar refractivity (Wildman–Crippen MR) is 133 cm³/mol. The summed E-state index contributed by atoms with van der Waals surface area (Å²) in [5, 5.41) is 6.11. The monoisotopic (exact) mass is 440 g/mol. The SMILES string of the molecule is CCCCCCn1c2ccccc2c2ccc(C(=O)/C(C)=N/OC(=O)c3ccccc3)cc21. The van der Waals surface area contributed by atoms with Gasteiger partial charge in [0.25, 0.3) is 0 Å². The number of ketones is 1. The maximum absolute atomic E-state index is 13.0. The molecule has 0 aliphatic heterocycles. The Hall–Kier alpha value is -3.73. The first kappa shape index (κ1) is 22.5. The second-order valence-corrected chi connectivity index (χ2v) is 8.21. The number of para-hydroxylation sites is 1. The zero-order valence-corrected chi connectivity index (χ0v) is 19.1. The molecule has 0 radical (unpaired) electrons. The van der Waals surface area contributed by atoms with Crippen LogP contribution in [-0.4, -0.2) is 22.0 Å². The fourth-order valence-electron chi connectivity index (χ4n) is 4.12. The number of fused-ring (bicyclic) bond motifs is 3. The molecule has 0 fully saturated rings. The van der Waals surface area contributed by atoms with E-state index in [0.29, 0.717) is 11.1 Å². The number of aromatic nitrogens is 1. The van der Waals surface area contributed by atoms with Crippen molar-refractivity contribution < 1.29 is 14.4 Å². The first-order valence-electron chi connectivity index (χ1n) is 11.5. The zero-order valence-electron chi connectivity index (χ0n) is 19.1. The van der Waals surface area contributed by atoms with Gasteiger partial charge in [0.2, 0.25) is 5.78 Å². The first-order valence-corrected chi connectivity index (χ1v) is 11.5. The number of benzene rings is 3. The molecule has 0 spiro atoms. The molecular formula is C28H28N2O3. The third-order valence-electron chi connectivity index (χ3n) is 5.87. The Balaban J connectivity index is 1.61. The summed E-state index contributed by atoms with van der Waals surface area (Å²) in [5.41, 5.74) is 3.25. The lowest BCUT2D eigenvalue weighted by Crippen LogP contribution is -2.13. The van der Waals surface area contributed by atoms with E-state index < -0.39 is 5.97 Å². The van der Waals surface area contributed by atoms with Crippen molar-refractivity contribution in [3.63, 3.8) is 0 Å². The minimum absolute atomic E-state index is 0.129. The molecule has 168 valence electrons. The molecule has 0 bridgehead atoms. The van der Waals surface area contributed by atoms with Gasteiger partial charge in [-0.2, -0.15) is 0 Å². The topological polar surface area (TPSA) is 60.7 Å². The van der Waals surface area contributed by atoms with Crippen molar-refractivity contribution in [2.24, 2.45) is 5.16 Å². The van der Waals surface area contributed by atoms with Crippen molar-refractivity contribution >= 4 is 39.3 Å². The van der Waals surface area contributed by atoms with Crippen LogP contribution in [-0.2, 0) is 11.4 Å². The second-order valence-electron chi connectivity index (χ2n) is 8.21. The van der Waals surface area contributed by atoms with E-state index in [2.05, 4.69) is 28.8 Å². The van der Waals surface area contributed by atoms with Gasteiger partial charge in [0.1, 0.15) is 5.71 Å². The predicted octanol–water partition coefficient (Wildman–Crippen LogP) is 6.79. The van der Waals surface area contributed by atoms with E-state index >= 15 is 0 Å². The highest BCUT2D eigenvalue weighted by molar-refractivity contribution is 6.45. The average molecular weight is 441 g/mol. The second kappa shape index (κ2) is 10.3. The molecule has 5 nitrogen and oxygen atoms in total. The van der Waals surface area contributed by atoms with Crippen LogP contribution in [0, 0.1) is 0 Å². The van der Waals surface area contributed by atoms with Crippen LogP contribution in [0.4, 0.5) is 0 Å². The van der Waals surface area contributed by atoms with Crippen molar-refractivity contribution in [1.29, 1.82) is 0 Å². The van der Waals surface area contributed by atoms with E-state index in [9.17, 15) is 9.59 Å². The van der Waals surface area contributed by atoms with Crippen molar-refractivity contribution in [2.75, 3.05) is 0 Å². The molecule has 4 aromatic rings. The van der Waals surface area contributed by atoms with Crippen molar-refractivity contribution in [2.45, 2.75) is 46.1 Å². The summed E-state index contributed by atoms with van der Waals surface area (Å²) in [6, 6.07) is 22.7. The van der Waals surface area contributed by atoms with Gasteiger partial charge in [-0.05, 0) is 37.6 Å². The van der Waals surface area contributed by atoms with E-state index in [1.165, 1.54) is 30.2 Å². The van der Waals surface area contributed by atoms with Gasteiger partial charge in [0, 0.05) is 33.9 Å². The minimum Gasteiger partial charge on any atom is -0.340 e. The summed E-state index contributed by atoms with van der Waals surface area (Å²) < 4.78 is 2.30. The fourth-order valence-corrected chi connectivity index (χ4v) is 4.12. The summed E-state index contributed by atoms with van der Waals surface area (Å²) in [6.07, 6.45) is 4.69. The number of hydrogen-bond donors (Lipinski definition) is 0. The molecular weight excluding hydrogens is 412 g/mol. The van der Waals surface area contributed by atoms with E-state index in [-0.39, 0.29) is 11.5 Å². The summed E-state index contributed by atoms with van der Waals surface area (Å²) >= 11 is 0. The highest BCUT2D eigenvalue weighted by Crippen LogP contribution is 2.30. The number of carbonyl (C=O) groups excluding carboxylic acids is 2. The molecule has 1 aromatic heterocycles. The van der Waals surface area contributed by atoms with Gasteiger partial charge < -0.3 is 9.40 Å². The average Bonchev–Trinajstić information content (AvgIpc) is 3.18. The molecule has 0 N–H and O–H groups in total. The van der Waals surface area contributed by atoms with E-state index in [0.717, 1.165) is 23.9 Å². The van der Waals surface area contributed by atoms with Gasteiger partial charge in [-0.3, -0.25) is 4.79 Å². The Morgan fingerprint density at radius 2 is 1.55 bits per heavy atom. The molecule has 0 saturated carbocycles. The number of rotatable bonds is 9. The summed E-state index contributed by atoms with van der Waals surface area (Å²) in [5.74, 6) is -0.856. The lowest BCUT2D eigenvalue weighted by atomic mass is 10.0. The Kier molecular flexibility index (Phi) is 6.98. The van der Waals surface area contributed by atoms with Crippen molar-refractivity contribution in [3.8, 4) is 0 Å². The van der Waals surface area contributed by atoms with E-state index in [4.69, 9.17) is 4.84 Å². The number of aryl methyl sites for hydroxylation is 1. The standard InChI is InChI=1S/C28H28N2O3/c1-3-4-5-11-18-30-25-15-10-9-14-23(25)24-17-16-22(19-26(24)30)27(31)20(2)29-33-28(32)21-12-7-6-8-13-21/h6-10,12-17,19H,3-5,11,18H2,1-2H3/b29-20+. The summed E-state index contributed by atoms with van der Waals surface area (Å²) in [6.45, 7) is 4.67. The molecule has 5 heteroatoms. The number of unbranched alkanes of at least 4 members (excludes halogenated alkanes) is 3. The highest BCUT2D eigenvalue weighted by Gasteiger charge is 2.16. The van der Waals surface area contributed by atoms with Gasteiger partial charge in [-0.15, -0.1) is 0 Å².